The average molecular weight is 466 g/mol. The molecule has 4 rings (SSSR count). The summed E-state index contributed by atoms with van der Waals surface area (Å²) in [5.41, 5.74) is 2.65. The highest BCUT2D eigenvalue weighted by atomic mass is 32.2. The maximum atomic E-state index is 13.1. The molecule has 0 aliphatic carbocycles. The lowest BCUT2D eigenvalue weighted by atomic mass is 10.0. The largest absolute Gasteiger partial charge is 0.418 e. The minimum Gasteiger partial charge on any atom is -0.325 e. The summed E-state index contributed by atoms with van der Waals surface area (Å²) in [5, 5.41) is 11.1. The molecule has 0 aliphatic rings. The molecule has 33 heavy (non-hydrogen) atoms. The van der Waals surface area contributed by atoms with Gasteiger partial charge in [-0.3, -0.25) is 4.79 Å². The number of nitrogens with one attached hydrogen (secondary N) is 1. The Labute approximate surface area is 192 Å². The number of hydrogen-bond acceptors (Lipinski definition) is 4. The fraction of sp³-hybridized carbons (Fsp3) is 0.0800. The fourth-order valence-electron chi connectivity index (χ4n) is 3.18. The second kappa shape index (κ2) is 9.87. The topological polar surface area (TPSA) is 54.9 Å². The zero-order valence-corrected chi connectivity index (χ0v) is 18.0. The molecule has 3 aromatic carbocycles. The van der Waals surface area contributed by atoms with Crippen molar-refractivity contribution in [3.05, 3.63) is 96.6 Å². The minimum absolute atomic E-state index is 0.0913. The van der Waals surface area contributed by atoms with Crippen molar-refractivity contribution in [1.82, 2.24) is 10.2 Å². The molecular formula is C25H18F3N3OS. The molecule has 0 fully saturated rings. The van der Waals surface area contributed by atoms with Gasteiger partial charge in [0.25, 0.3) is 0 Å². The van der Waals surface area contributed by atoms with E-state index < -0.39 is 17.6 Å². The third-order valence-corrected chi connectivity index (χ3v) is 5.71. The molecule has 4 aromatic rings. The predicted molar refractivity (Wildman–Crippen MR) is 124 cm³/mol. The van der Waals surface area contributed by atoms with Crippen LogP contribution in [0, 0.1) is 0 Å². The number of thioether (sulfide) groups is 1. The molecular weight excluding hydrogens is 447 g/mol. The van der Waals surface area contributed by atoms with Gasteiger partial charge in [-0.25, -0.2) is 0 Å². The van der Waals surface area contributed by atoms with E-state index in [1.165, 1.54) is 18.2 Å². The highest BCUT2D eigenvalue weighted by Gasteiger charge is 2.33. The summed E-state index contributed by atoms with van der Waals surface area (Å²) < 4.78 is 39.2. The highest BCUT2D eigenvalue weighted by Crippen LogP contribution is 2.34. The third kappa shape index (κ3) is 5.78. The van der Waals surface area contributed by atoms with Crippen molar-refractivity contribution in [1.29, 1.82) is 0 Å². The van der Waals surface area contributed by atoms with E-state index in [-0.39, 0.29) is 11.4 Å². The number of benzene rings is 3. The van der Waals surface area contributed by atoms with Crippen LogP contribution in [0.2, 0.25) is 0 Å². The zero-order valence-electron chi connectivity index (χ0n) is 17.2. The van der Waals surface area contributed by atoms with Crippen LogP contribution in [0.15, 0.2) is 96.0 Å². The lowest BCUT2D eigenvalue weighted by Gasteiger charge is -2.13. The van der Waals surface area contributed by atoms with Crippen molar-refractivity contribution in [3.63, 3.8) is 0 Å². The number of carbonyl (C=O) groups excluding carboxylic acids is 1. The van der Waals surface area contributed by atoms with Crippen LogP contribution in [-0.2, 0) is 11.0 Å². The van der Waals surface area contributed by atoms with Gasteiger partial charge in [-0.2, -0.15) is 13.2 Å². The Morgan fingerprint density at radius 1 is 0.758 bits per heavy atom. The SMILES string of the molecule is O=C(CSc1ccc(-c2ccc(-c3ccccc3)cc2)nn1)Nc1ccccc1C(F)(F)F. The Kier molecular flexibility index (Phi) is 6.74. The molecule has 0 spiro atoms. The molecule has 1 amide bonds. The molecule has 0 bridgehead atoms. The molecule has 0 atom stereocenters. The number of alkyl halides is 3. The predicted octanol–water partition coefficient (Wildman–Crippen LogP) is 6.56. The van der Waals surface area contributed by atoms with Gasteiger partial charge in [0.2, 0.25) is 5.91 Å². The Morgan fingerprint density at radius 3 is 2.06 bits per heavy atom. The summed E-state index contributed by atoms with van der Waals surface area (Å²) in [6.07, 6.45) is -4.54. The third-order valence-electron chi connectivity index (χ3n) is 4.79. The summed E-state index contributed by atoms with van der Waals surface area (Å²) in [5.74, 6) is -0.648. The zero-order chi connectivity index (χ0) is 23.3. The quantitative estimate of drug-likeness (QED) is 0.328. The van der Waals surface area contributed by atoms with Crippen LogP contribution < -0.4 is 5.32 Å². The van der Waals surface area contributed by atoms with Gasteiger partial charge in [0.05, 0.1) is 22.7 Å². The van der Waals surface area contributed by atoms with E-state index in [0.717, 1.165) is 34.5 Å². The number of carbonyl (C=O) groups is 1. The number of halogens is 3. The standard InChI is InChI=1S/C25H18F3N3OS/c26-25(27,28)20-8-4-5-9-22(20)29-23(32)16-33-24-15-14-21(30-31-24)19-12-10-18(11-13-19)17-6-2-1-3-7-17/h1-15H,16H2,(H,29,32). The van der Waals surface area contributed by atoms with Crippen molar-refractivity contribution < 1.29 is 18.0 Å². The van der Waals surface area contributed by atoms with Crippen LogP contribution >= 0.6 is 11.8 Å². The summed E-state index contributed by atoms with van der Waals surface area (Å²) in [7, 11) is 0. The number of aromatic nitrogens is 2. The van der Waals surface area contributed by atoms with Gasteiger partial charge < -0.3 is 5.32 Å². The van der Waals surface area contributed by atoms with Gasteiger partial charge in [0, 0.05) is 5.56 Å². The van der Waals surface area contributed by atoms with Gasteiger partial charge in [-0.05, 0) is 35.4 Å². The summed E-state index contributed by atoms with van der Waals surface area (Å²) in [4.78, 5) is 12.2. The molecule has 1 N–H and O–H groups in total. The highest BCUT2D eigenvalue weighted by molar-refractivity contribution is 7.99. The lowest BCUT2D eigenvalue weighted by Crippen LogP contribution is -2.18. The number of anilines is 1. The lowest BCUT2D eigenvalue weighted by molar-refractivity contribution is -0.137. The van der Waals surface area contributed by atoms with Gasteiger partial charge in [-0.15, -0.1) is 10.2 Å². The van der Waals surface area contributed by atoms with E-state index in [1.54, 1.807) is 12.1 Å². The first kappa shape index (κ1) is 22.5. The van der Waals surface area contributed by atoms with Crippen LogP contribution in [-0.4, -0.2) is 21.9 Å². The molecule has 0 radical (unpaired) electrons. The Bertz CT molecular complexity index is 1230. The molecule has 0 saturated heterocycles. The Balaban J connectivity index is 1.36. The van der Waals surface area contributed by atoms with E-state index >= 15 is 0 Å². The first-order chi connectivity index (χ1) is 15.9. The van der Waals surface area contributed by atoms with E-state index in [4.69, 9.17) is 0 Å². The van der Waals surface area contributed by atoms with Gasteiger partial charge in [0.1, 0.15) is 5.03 Å². The van der Waals surface area contributed by atoms with Crippen molar-refractivity contribution in [2.24, 2.45) is 0 Å². The van der Waals surface area contributed by atoms with E-state index in [1.807, 2.05) is 54.6 Å². The van der Waals surface area contributed by atoms with E-state index in [9.17, 15) is 18.0 Å². The summed E-state index contributed by atoms with van der Waals surface area (Å²) in [6, 6.07) is 26.4. The maximum Gasteiger partial charge on any atom is 0.418 e. The van der Waals surface area contributed by atoms with Crippen LogP contribution in [0.4, 0.5) is 18.9 Å². The van der Waals surface area contributed by atoms with Crippen molar-refractivity contribution in [2.45, 2.75) is 11.2 Å². The maximum absolute atomic E-state index is 13.1. The van der Waals surface area contributed by atoms with Gasteiger partial charge in [0.15, 0.2) is 0 Å². The van der Waals surface area contributed by atoms with Crippen LogP contribution in [0.25, 0.3) is 22.4 Å². The summed E-state index contributed by atoms with van der Waals surface area (Å²) in [6.45, 7) is 0. The molecule has 0 saturated carbocycles. The average Bonchev–Trinajstić information content (AvgIpc) is 2.83. The second-order valence-corrected chi connectivity index (χ2v) is 8.08. The molecule has 0 unspecified atom stereocenters. The number of para-hydroxylation sites is 1. The first-order valence-corrected chi connectivity index (χ1v) is 11.0. The Hall–Kier alpha value is -3.65. The number of rotatable bonds is 6. The normalized spacial score (nSPS) is 11.2. The number of nitrogens with zero attached hydrogens (tertiary/aromatic N) is 2. The number of hydrogen-bond donors (Lipinski definition) is 1. The number of amides is 1. The minimum atomic E-state index is -4.54. The fourth-order valence-corrected chi connectivity index (χ4v) is 3.79. The van der Waals surface area contributed by atoms with Gasteiger partial charge >= 0.3 is 6.18 Å². The van der Waals surface area contributed by atoms with Crippen molar-refractivity contribution in [2.75, 3.05) is 11.1 Å². The summed E-state index contributed by atoms with van der Waals surface area (Å²) >= 11 is 1.10. The molecule has 0 aliphatic heterocycles. The Morgan fingerprint density at radius 2 is 1.39 bits per heavy atom. The van der Waals surface area contributed by atoms with Crippen LogP contribution in [0.3, 0.4) is 0 Å². The van der Waals surface area contributed by atoms with Crippen molar-refractivity contribution in [3.8, 4) is 22.4 Å². The van der Waals surface area contributed by atoms with E-state index in [2.05, 4.69) is 15.5 Å². The first-order valence-electron chi connectivity index (χ1n) is 9.98. The smallest absolute Gasteiger partial charge is 0.325 e. The molecule has 1 aromatic heterocycles. The molecule has 4 nitrogen and oxygen atoms in total. The monoisotopic (exact) mass is 465 g/mol. The van der Waals surface area contributed by atoms with E-state index in [0.29, 0.717) is 10.7 Å². The second-order valence-electron chi connectivity index (χ2n) is 7.08. The van der Waals surface area contributed by atoms with Crippen molar-refractivity contribution >= 4 is 23.4 Å². The molecule has 1 heterocycles. The van der Waals surface area contributed by atoms with Crippen LogP contribution in [0.1, 0.15) is 5.56 Å². The van der Waals surface area contributed by atoms with Gasteiger partial charge in [-0.1, -0.05) is 78.5 Å². The molecule has 166 valence electrons. The van der Waals surface area contributed by atoms with Crippen LogP contribution in [0.5, 0.6) is 0 Å². The molecule has 8 heteroatoms.